The van der Waals surface area contributed by atoms with Crippen molar-refractivity contribution in [3.05, 3.63) is 55.8 Å². The lowest BCUT2D eigenvalue weighted by Gasteiger charge is -2.13. The molecule has 0 radical (unpaired) electrons. The van der Waals surface area contributed by atoms with E-state index in [0.29, 0.717) is 28.4 Å². The molecular formula is C19H20ClN3O2. The third kappa shape index (κ3) is 3.75. The zero-order valence-corrected chi connectivity index (χ0v) is 15.3. The Morgan fingerprint density at radius 3 is 2.72 bits per heavy atom. The van der Waals surface area contributed by atoms with E-state index in [9.17, 15) is 15.2 Å². The molecule has 0 saturated heterocycles. The van der Waals surface area contributed by atoms with E-state index in [2.05, 4.69) is 4.99 Å². The van der Waals surface area contributed by atoms with Crippen molar-refractivity contribution < 1.29 is 5.11 Å². The van der Waals surface area contributed by atoms with Crippen LogP contribution in [0.15, 0.2) is 28.0 Å². The monoisotopic (exact) mass is 357 g/mol. The van der Waals surface area contributed by atoms with Crippen LogP contribution in [0.3, 0.4) is 0 Å². The molecule has 2 rings (SSSR count). The Kier molecular flexibility index (Phi) is 6.00. The molecule has 0 spiro atoms. The largest absolute Gasteiger partial charge is 0.494 e. The molecule has 25 heavy (non-hydrogen) atoms. The number of aromatic nitrogens is 1. The molecular weight excluding hydrogens is 338 g/mol. The number of rotatable bonds is 5. The number of aromatic hydroxyl groups is 1. The highest BCUT2D eigenvalue weighted by atomic mass is 35.5. The van der Waals surface area contributed by atoms with Crippen LogP contribution in [0.1, 0.15) is 42.0 Å². The van der Waals surface area contributed by atoms with Gasteiger partial charge < -0.3 is 5.11 Å². The van der Waals surface area contributed by atoms with Gasteiger partial charge in [-0.05, 0) is 43.5 Å². The zero-order chi connectivity index (χ0) is 18.6. The topological polar surface area (TPSA) is 78.4 Å². The fourth-order valence-electron chi connectivity index (χ4n) is 2.52. The molecule has 6 heteroatoms. The smallest absolute Gasteiger partial charge is 0.271 e. The van der Waals surface area contributed by atoms with Crippen molar-refractivity contribution in [2.45, 2.75) is 40.2 Å². The maximum absolute atomic E-state index is 12.4. The standard InChI is InChI=1S/C19H20ClN3O2/c1-4-5-9-23-18(24)14(10-21)12(2)15(19(23)25)11-22-17-8-6-7-16(20)13(17)3/h6-8,11,25H,4-5,9H2,1-3H3. The van der Waals surface area contributed by atoms with Gasteiger partial charge in [-0.15, -0.1) is 0 Å². The van der Waals surface area contributed by atoms with Crippen LogP contribution in [-0.4, -0.2) is 15.9 Å². The van der Waals surface area contributed by atoms with Gasteiger partial charge in [0.2, 0.25) is 5.88 Å². The van der Waals surface area contributed by atoms with E-state index in [1.807, 2.05) is 26.0 Å². The van der Waals surface area contributed by atoms with Crippen molar-refractivity contribution in [2.75, 3.05) is 0 Å². The van der Waals surface area contributed by atoms with E-state index in [1.165, 1.54) is 10.8 Å². The van der Waals surface area contributed by atoms with Crippen LogP contribution in [0.5, 0.6) is 5.88 Å². The first-order chi connectivity index (χ1) is 11.9. The molecule has 0 unspecified atom stereocenters. The van der Waals surface area contributed by atoms with Crippen LogP contribution in [0, 0.1) is 25.2 Å². The lowest BCUT2D eigenvalue weighted by Crippen LogP contribution is -2.25. The van der Waals surface area contributed by atoms with Gasteiger partial charge in [0.1, 0.15) is 11.6 Å². The minimum atomic E-state index is -0.470. The van der Waals surface area contributed by atoms with E-state index in [0.717, 1.165) is 18.4 Å². The SMILES string of the molecule is CCCCn1c(O)c(C=Nc2cccc(Cl)c2C)c(C)c(C#N)c1=O. The number of hydrogen-bond acceptors (Lipinski definition) is 4. The van der Waals surface area contributed by atoms with Crippen LogP contribution < -0.4 is 5.56 Å². The predicted octanol–water partition coefficient (Wildman–Crippen LogP) is 4.25. The minimum absolute atomic E-state index is 0.0261. The van der Waals surface area contributed by atoms with Crippen LogP contribution in [0.25, 0.3) is 0 Å². The second kappa shape index (κ2) is 8.00. The van der Waals surface area contributed by atoms with Gasteiger partial charge in [-0.25, -0.2) is 0 Å². The first-order valence-corrected chi connectivity index (χ1v) is 8.45. The molecule has 0 aliphatic carbocycles. The fraction of sp³-hybridized carbons (Fsp3) is 0.316. The molecule has 0 saturated carbocycles. The van der Waals surface area contributed by atoms with Gasteiger partial charge in [0.05, 0.1) is 11.3 Å². The summed E-state index contributed by atoms with van der Waals surface area (Å²) < 4.78 is 1.24. The van der Waals surface area contributed by atoms with Crippen molar-refractivity contribution in [1.29, 1.82) is 5.26 Å². The lowest BCUT2D eigenvalue weighted by atomic mass is 10.1. The van der Waals surface area contributed by atoms with Crippen LogP contribution >= 0.6 is 11.6 Å². The van der Waals surface area contributed by atoms with Crippen molar-refractivity contribution in [1.82, 2.24) is 4.57 Å². The molecule has 0 bridgehead atoms. The summed E-state index contributed by atoms with van der Waals surface area (Å²) in [4.78, 5) is 16.8. The van der Waals surface area contributed by atoms with Crippen molar-refractivity contribution >= 4 is 23.5 Å². The van der Waals surface area contributed by atoms with Gasteiger partial charge in [0.15, 0.2) is 0 Å². The van der Waals surface area contributed by atoms with Gasteiger partial charge in [0.25, 0.3) is 5.56 Å². The van der Waals surface area contributed by atoms with E-state index in [4.69, 9.17) is 11.6 Å². The Bertz CT molecular complexity index is 924. The Labute approximate surface area is 151 Å². The molecule has 1 aromatic heterocycles. The summed E-state index contributed by atoms with van der Waals surface area (Å²) in [6.07, 6.45) is 3.07. The van der Waals surface area contributed by atoms with Crippen LogP contribution in [-0.2, 0) is 6.54 Å². The minimum Gasteiger partial charge on any atom is -0.494 e. The normalized spacial score (nSPS) is 11.0. The maximum Gasteiger partial charge on any atom is 0.271 e. The van der Waals surface area contributed by atoms with Gasteiger partial charge in [-0.2, -0.15) is 5.26 Å². The molecule has 1 N–H and O–H groups in total. The highest BCUT2D eigenvalue weighted by Crippen LogP contribution is 2.27. The number of aliphatic imine (C=N–C) groups is 1. The Morgan fingerprint density at radius 2 is 2.08 bits per heavy atom. The number of benzene rings is 1. The first kappa shape index (κ1) is 18.8. The molecule has 130 valence electrons. The summed E-state index contributed by atoms with van der Waals surface area (Å²) in [5, 5.41) is 20.5. The second-order valence-corrected chi connectivity index (χ2v) is 6.21. The van der Waals surface area contributed by atoms with Crippen molar-refractivity contribution in [3.63, 3.8) is 0 Å². The van der Waals surface area contributed by atoms with Gasteiger partial charge in [-0.3, -0.25) is 14.4 Å². The number of hydrogen-bond donors (Lipinski definition) is 1. The summed E-state index contributed by atoms with van der Waals surface area (Å²) in [6.45, 7) is 5.83. The van der Waals surface area contributed by atoms with E-state index in [1.54, 1.807) is 19.1 Å². The highest BCUT2D eigenvalue weighted by Gasteiger charge is 2.17. The average molecular weight is 358 g/mol. The molecule has 0 atom stereocenters. The van der Waals surface area contributed by atoms with E-state index in [-0.39, 0.29) is 11.4 Å². The average Bonchev–Trinajstić information content (AvgIpc) is 2.58. The molecule has 2 aromatic rings. The van der Waals surface area contributed by atoms with Crippen molar-refractivity contribution in [2.24, 2.45) is 4.99 Å². The first-order valence-electron chi connectivity index (χ1n) is 8.08. The summed E-state index contributed by atoms with van der Waals surface area (Å²) in [7, 11) is 0. The van der Waals surface area contributed by atoms with Crippen molar-refractivity contribution in [3.8, 4) is 11.9 Å². The van der Waals surface area contributed by atoms with E-state index >= 15 is 0 Å². The third-order valence-electron chi connectivity index (χ3n) is 4.15. The second-order valence-electron chi connectivity index (χ2n) is 5.80. The maximum atomic E-state index is 12.4. The lowest BCUT2D eigenvalue weighted by molar-refractivity contribution is 0.400. The molecule has 0 amide bonds. The molecule has 0 fully saturated rings. The molecule has 1 heterocycles. The number of nitriles is 1. The Balaban J connectivity index is 2.61. The molecule has 5 nitrogen and oxygen atoms in total. The Morgan fingerprint density at radius 1 is 1.36 bits per heavy atom. The number of unbranched alkanes of at least 4 members (excludes halogenated alkanes) is 1. The van der Waals surface area contributed by atoms with E-state index < -0.39 is 5.56 Å². The predicted molar refractivity (Wildman–Crippen MR) is 100 cm³/mol. The summed E-state index contributed by atoms with van der Waals surface area (Å²) in [5.74, 6) is -0.168. The van der Waals surface area contributed by atoms with Gasteiger partial charge >= 0.3 is 0 Å². The number of pyridine rings is 1. The van der Waals surface area contributed by atoms with Gasteiger partial charge in [0, 0.05) is 17.8 Å². The summed E-state index contributed by atoms with van der Waals surface area (Å²) in [5.41, 5.74) is 1.82. The summed E-state index contributed by atoms with van der Waals surface area (Å²) in [6, 6.07) is 7.31. The van der Waals surface area contributed by atoms with Crippen LogP contribution in [0.2, 0.25) is 5.02 Å². The molecule has 0 aliphatic rings. The quantitative estimate of drug-likeness (QED) is 0.812. The molecule has 0 aliphatic heterocycles. The fourth-order valence-corrected chi connectivity index (χ4v) is 2.69. The van der Waals surface area contributed by atoms with Crippen LogP contribution in [0.4, 0.5) is 5.69 Å². The highest BCUT2D eigenvalue weighted by molar-refractivity contribution is 6.31. The number of nitrogens with zero attached hydrogens (tertiary/aromatic N) is 3. The zero-order valence-electron chi connectivity index (χ0n) is 14.5. The number of halogens is 1. The van der Waals surface area contributed by atoms with Gasteiger partial charge in [-0.1, -0.05) is 31.0 Å². The third-order valence-corrected chi connectivity index (χ3v) is 4.56. The molecule has 1 aromatic carbocycles. The summed E-state index contributed by atoms with van der Waals surface area (Å²) >= 11 is 6.10. The Hall–Kier alpha value is -2.58.